The number of hydrogen-bond donors (Lipinski definition) is 1. The third-order valence-corrected chi connectivity index (χ3v) is 8.84. The van der Waals surface area contributed by atoms with Crippen molar-refractivity contribution in [3.8, 4) is 5.75 Å². The molecule has 1 aliphatic rings. The molecule has 0 amide bonds. The second-order valence-electron chi connectivity index (χ2n) is 6.69. The van der Waals surface area contributed by atoms with Gasteiger partial charge in [-0.15, -0.1) is 0 Å². The Balaban J connectivity index is 2.59. The van der Waals surface area contributed by atoms with Crippen LogP contribution >= 0.6 is 63.7 Å². The fourth-order valence-electron chi connectivity index (χ4n) is 3.24. The molecule has 0 unspecified atom stereocenters. The number of ketones is 1. The van der Waals surface area contributed by atoms with Crippen LogP contribution in [0.5, 0.6) is 5.75 Å². The molecule has 0 aromatic heterocycles. The first-order valence-electron chi connectivity index (χ1n) is 8.62. The average molecular weight is 697 g/mol. The molecule has 0 saturated heterocycles. The van der Waals surface area contributed by atoms with Crippen LogP contribution in [0.25, 0.3) is 5.57 Å². The number of carbonyl (C=O) groups excluding carboxylic acids is 1. The summed E-state index contributed by atoms with van der Waals surface area (Å²) < 4.78 is 37.6. The number of hydrogen-bond acceptors (Lipinski definition) is 5. The SMILES string of the molecule is CC1=C(Br)C(=O)C(Br)=CC1=C(c1ccccc1S(=O)(=O)[O-])c1cc(Br)c(O)c(Br)c1C. The van der Waals surface area contributed by atoms with Crippen LogP contribution in [0.3, 0.4) is 0 Å². The number of Topliss-reactive ketones (excluding diaryl/α,β-unsaturated/α-hetero) is 1. The number of phenolic OH excluding ortho intramolecular Hbond substituents is 1. The van der Waals surface area contributed by atoms with Crippen LogP contribution in [-0.2, 0) is 14.9 Å². The van der Waals surface area contributed by atoms with E-state index in [1.807, 2.05) is 0 Å². The average Bonchev–Trinajstić information content (AvgIpc) is 2.72. The molecule has 3 rings (SSSR count). The van der Waals surface area contributed by atoms with Crippen molar-refractivity contribution in [2.75, 3.05) is 0 Å². The molecule has 0 bridgehead atoms. The van der Waals surface area contributed by atoms with Gasteiger partial charge >= 0.3 is 0 Å². The largest absolute Gasteiger partial charge is 0.744 e. The van der Waals surface area contributed by atoms with Gasteiger partial charge in [0.15, 0.2) is 0 Å². The Hall–Kier alpha value is -1.04. The molecule has 1 N–H and O–H groups in total. The molecule has 0 fully saturated rings. The Morgan fingerprint density at radius 1 is 1.03 bits per heavy atom. The van der Waals surface area contributed by atoms with E-state index >= 15 is 0 Å². The molecular formula is C21H13Br4O5S-. The molecule has 0 saturated carbocycles. The van der Waals surface area contributed by atoms with Gasteiger partial charge in [0.05, 0.1) is 22.8 Å². The van der Waals surface area contributed by atoms with Crippen LogP contribution in [-0.4, -0.2) is 23.9 Å². The lowest BCUT2D eigenvalue weighted by molar-refractivity contribution is -0.111. The molecule has 0 aliphatic heterocycles. The third-order valence-electron chi connectivity index (χ3n) is 4.82. The maximum absolute atomic E-state index is 12.4. The Morgan fingerprint density at radius 2 is 1.65 bits per heavy atom. The Morgan fingerprint density at radius 3 is 2.26 bits per heavy atom. The molecule has 0 spiro atoms. The molecule has 162 valence electrons. The van der Waals surface area contributed by atoms with Crippen LogP contribution in [0.2, 0.25) is 0 Å². The van der Waals surface area contributed by atoms with Crippen molar-refractivity contribution in [1.82, 2.24) is 0 Å². The second kappa shape index (κ2) is 9.07. The lowest BCUT2D eigenvalue weighted by atomic mass is 9.85. The lowest BCUT2D eigenvalue weighted by Gasteiger charge is -2.24. The minimum atomic E-state index is -4.81. The molecule has 0 radical (unpaired) electrons. The number of aromatic hydroxyl groups is 1. The third kappa shape index (κ3) is 4.56. The summed E-state index contributed by atoms with van der Waals surface area (Å²) in [4.78, 5) is 12.0. The maximum Gasteiger partial charge on any atom is 0.207 e. The summed E-state index contributed by atoms with van der Waals surface area (Å²) in [7, 11) is -4.81. The zero-order valence-electron chi connectivity index (χ0n) is 16.0. The number of halogens is 4. The van der Waals surface area contributed by atoms with Gasteiger partial charge < -0.3 is 9.66 Å². The predicted octanol–water partition coefficient (Wildman–Crippen LogP) is 6.46. The molecule has 2 aromatic rings. The highest BCUT2D eigenvalue weighted by molar-refractivity contribution is 9.13. The topological polar surface area (TPSA) is 94.5 Å². The van der Waals surface area contributed by atoms with Crippen molar-refractivity contribution < 1.29 is 22.9 Å². The van der Waals surface area contributed by atoms with Crippen molar-refractivity contribution in [2.24, 2.45) is 0 Å². The van der Waals surface area contributed by atoms with Gasteiger partial charge in [0.2, 0.25) is 5.78 Å². The Bertz CT molecular complexity index is 1340. The number of carbonyl (C=O) groups is 1. The minimum absolute atomic E-state index is 0.0145. The van der Waals surface area contributed by atoms with Gasteiger partial charge in [-0.1, -0.05) is 18.2 Å². The Labute approximate surface area is 213 Å². The highest BCUT2D eigenvalue weighted by atomic mass is 79.9. The standard InChI is InChI=1S/C21H14Br4O5S/c1-9-12(7-14(22)20(26)18(9)24)17(11-5-3-4-6-16(11)31(28,29)30)13-8-15(23)21(27)19(25)10(13)2/h3-8,26H,1-2H3,(H,28,29,30)/p-1. The van der Waals surface area contributed by atoms with Crippen LogP contribution in [0.4, 0.5) is 0 Å². The summed E-state index contributed by atoms with van der Waals surface area (Å²) in [5, 5.41) is 10.3. The van der Waals surface area contributed by atoms with Gasteiger partial charge in [0.1, 0.15) is 15.9 Å². The fourth-order valence-corrected chi connectivity index (χ4v) is 6.17. The predicted molar refractivity (Wildman–Crippen MR) is 132 cm³/mol. The van der Waals surface area contributed by atoms with Crippen molar-refractivity contribution in [1.29, 1.82) is 0 Å². The minimum Gasteiger partial charge on any atom is -0.744 e. The number of benzene rings is 2. The van der Waals surface area contributed by atoms with E-state index in [9.17, 15) is 22.9 Å². The van der Waals surface area contributed by atoms with Crippen LogP contribution in [0, 0.1) is 6.92 Å². The van der Waals surface area contributed by atoms with Crippen LogP contribution in [0.1, 0.15) is 23.6 Å². The molecule has 0 atom stereocenters. The van der Waals surface area contributed by atoms with E-state index in [0.29, 0.717) is 41.3 Å². The van der Waals surface area contributed by atoms with E-state index in [2.05, 4.69) is 63.7 Å². The number of allylic oxidation sites excluding steroid dienone is 5. The summed E-state index contributed by atoms with van der Waals surface area (Å²) in [6.07, 6.45) is 1.60. The first-order chi connectivity index (χ1) is 14.4. The second-order valence-corrected chi connectivity index (χ2v) is 11.3. The van der Waals surface area contributed by atoms with E-state index in [0.717, 1.165) is 0 Å². The summed E-state index contributed by atoms with van der Waals surface area (Å²) >= 11 is 13.3. The normalized spacial score (nSPS) is 16.5. The van der Waals surface area contributed by atoms with E-state index in [1.54, 1.807) is 38.1 Å². The van der Waals surface area contributed by atoms with E-state index in [-0.39, 0.29) is 26.5 Å². The van der Waals surface area contributed by atoms with Gasteiger partial charge in [0, 0.05) is 5.56 Å². The van der Waals surface area contributed by atoms with Crippen LogP contribution < -0.4 is 0 Å². The molecule has 5 nitrogen and oxygen atoms in total. The summed E-state index contributed by atoms with van der Waals surface area (Å²) in [6.45, 7) is 3.47. The highest BCUT2D eigenvalue weighted by Gasteiger charge is 2.27. The van der Waals surface area contributed by atoms with Crippen LogP contribution in [0.15, 0.2) is 70.4 Å². The van der Waals surface area contributed by atoms with E-state index < -0.39 is 10.1 Å². The summed E-state index contributed by atoms with van der Waals surface area (Å²) in [5.74, 6) is -0.269. The van der Waals surface area contributed by atoms with Crippen molar-refractivity contribution in [2.45, 2.75) is 18.7 Å². The van der Waals surface area contributed by atoms with Crippen molar-refractivity contribution in [3.63, 3.8) is 0 Å². The van der Waals surface area contributed by atoms with Gasteiger partial charge in [0.25, 0.3) is 0 Å². The number of phenols is 1. The molecule has 10 heteroatoms. The summed E-state index contributed by atoms with van der Waals surface area (Å²) in [5.41, 5.74) is 2.90. The molecule has 0 heterocycles. The zero-order chi connectivity index (χ0) is 23.2. The zero-order valence-corrected chi connectivity index (χ0v) is 23.1. The quantitative estimate of drug-likeness (QED) is 0.372. The molecule has 31 heavy (non-hydrogen) atoms. The number of rotatable bonds is 3. The van der Waals surface area contributed by atoms with Gasteiger partial charge in [-0.25, -0.2) is 8.42 Å². The Kier molecular flexibility index (Phi) is 7.20. The van der Waals surface area contributed by atoms with Crippen molar-refractivity contribution in [3.05, 3.63) is 82.2 Å². The lowest BCUT2D eigenvalue weighted by Crippen LogP contribution is -2.11. The molecule has 2 aromatic carbocycles. The van der Waals surface area contributed by atoms with Gasteiger partial charge in [-0.2, -0.15) is 0 Å². The monoisotopic (exact) mass is 693 g/mol. The molecular weight excluding hydrogens is 684 g/mol. The van der Waals surface area contributed by atoms with E-state index in [4.69, 9.17) is 0 Å². The smallest absolute Gasteiger partial charge is 0.207 e. The molecule has 1 aliphatic carbocycles. The first kappa shape index (κ1) is 24.6. The maximum atomic E-state index is 12.4. The van der Waals surface area contributed by atoms with E-state index in [1.165, 1.54) is 12.1 Å². The summed E-state index contributed by atoms with van der Waals surface area (Å²) in [6, 6.07) is 7.54. The first-order valence-corrected chi connectivity index (χ1v) is 13.2. The van der Waals surface area contributed by atoms with Gasteiger partial charge in [-0.3, -0.25) is 4.79 Å². The van der Waals surface area contributed by atoms with Crippen molar-refractivity contribution >= 4 is 85.2 Å². The van der Waals surface area contributed by atoms with Gasteiger partial charge in [-0.05, 0) is 124 Å². The highest BCUT2D eigenvalue weighted by Crippen LogP contribution is 2.45. The fraction of sp³-hybridized carbons (Fsp3) is 0.0952.